The van der Waals surface area contributed by atoms with Crippen molar-refractivity contribution in [1.82, 2.24) is 19.4 Å². The number of rotatable bonds is 16. The third kappa shape index (κ3) is 10.5. The fourth-order valence-corrected chi connectivity index (χ4v) is 5.89. The highest BCUT2D eigenvalue weighted by Gasteiger charge is 2.31. The van der Waals surface area contributed by atoms with Gasteiger partial charge in [-0.25, -0.2) is 4.79 Å². The molecule has 47 heavy (non-hydrogen) atoms. The Hall–Kier alpha value is -3.99. The average Bonchev–Trinajstić information content (AvgIpc) is 3.57. The van der Waals surface area contributed by atoms with Gasteiger partial charge in [-0.3, -0.25) is 4.79 Å². The number of fused-ring (bicyclic) bond motifs is 1. The molecule has 1 fully saturated rings. The Balaban J connectivity index is 1.30. The highest BCUT2D eigenvalue weighted by molar-refractivity contribution is 5.94. The van der Waals surface area contributed by atoms with Crippen LogP contribution in [0.15, 0.2) is 36.7 Å². The maximum Gasteiger partial charge on any atom is 0.406 e. The normalized spacial score (nSPS) is 16.9. The molecule has 0 saturated carbocycles. The third-order valence-corrected chi connectivity index (χ3v) is 8.12. The van der Waals surface area contributed by atoms with Crippen molar-refractivity contribution in [3.63, 3.8) is 0 Å². The summed E-state index contributed by atoms with van der Waals surface area (Å²) in [5, 5.41) is 6.72. The number of carbonyl (C=O) groups is 2. The minimum absolute atomic E-state index is 0.0421. The minimum Gasteiger partial charge on any atom is -0.462 e. The van der Waals surface area contributed by atoms with Crippen LogP contribution in [0.3, 0.4) is 0 Å². The van der Waals surface area contributed by atoms with Crippen molar-refractivity contribution in [2.24, 2.45) is 5.92 Å². The first-order valence-corrected chi connectivity index (χ1v) is 15.9. The van der Waals surface area contributed by atoms with E-state index in [0.29, 0.717) is 62.5 Å². The fraction of sp³-hybridized carbons (Fsp3) is 0.529. The summed E-state index contributed by atoms with van der Waals surface area (Å²) in [7, 11) is 2.09. The summed E-state index contributed by atoms with van der Waals surface area (Å²) >= 11 is 0. The Kier molecular flexibility index (Phi) is 13.2. The van der Waals surface area contributed by atoms with Gasteiger partial charge in [-0.15, -0.1) is 0 Å². The van der Waals surface area contributed by atoms with Crippen LogP contribution in [-0.2, 0) is 32.1 Å². The van der Waals surface area contributed by atoms with Gasteiger partial charge in [0.05, 0.1) is 49.7 Å². The first-order chi connectivity index (χ1) is 22.6. The molecule has 1 amide bonds. The molecule has 1 aliphatic rings. The smallest absolute Gasteiger partial charge is 0.406 e. The van der Waals surface area contributed by atoms with Gasteiger partial charge in [-0.1, -0.05) is 12.0 Å². The zero-order valence-corrected chi connectivity index (χ0v) is 27.2. The van der Waals surface area contributed by atoms with Gasteiger partial charge in [-0.05, 0) is 75.9 Å². The van der Waals surface area contributed by atoms with Crippen LogP contribution in [0, 0.1) is 24.7 Å². The minimum atomic E-state index is -4.42. The summed E-state index contributed by atoms with van der Waals surface area (Å²) in [5.74, 6) is 5.45. The molecule has 10 nitrogen and oxygen atoms in total. The van der Waals surface area contributed by atoms with Crippen LogP contribution >= 0.6 is 0 Å². The average molecular weight is 660 g/mol. The maximum atomic E-state index is 13.5. The van der Waals surface area contributed by atoms with Crippen molar-refractivity contribution in [1.29, 1.82) is 0 Å². The summed E-state index contributed by atoms with van der Waals surface area (Å²) < 4.78 is 60.4. The largest absolute Gasteiger partial charge is 0.462 e. The lowest BCUT2D eigenvalue weighted by Gasteiger charge is -2.38. The molecule has 2 atom stereocenters. The van der Waals surface area contributed by atoms with Crippen LogP contribution in [0.2, 0.25) is 0 Å². The van der Waals surface area contributed by atoms with Crippen LogP contribution in [0.1, 0.15) is 41.4 Å². The summed E-state index contributed by atoms with van der Waals surface area (Å²) in [6, 6.07) is 7.11. The first-order valence-electron chi connectivity index (χ1n) is 15.9. The number of carbonyl (C=O) groups excluding carboxylic acids is 2. The van der Waals surface area contributed by atoms with Gasteiger partial charge >= 0.3 is 12.1 Å². The highest BCUT2D eigenvalue weighted by Crippen LogP contribution is 2.32. The monoisotopic (exact) mass is 659 g/mol. The van der Waals surface area contributed by atoms with E-state index in [-0.39, 0.29) is 30.2 Å². The molecule has 3 aromatic rings. The fourth-order valence-electron chi connectivity index (χ4n) is 5.89. The Morgan fingerprint density at radius 2 is 1.94 bits per heavy atom. The van der Waals surface area contributed by atoms with E-state index in [2.05, 4.69) is 34.4 Å². The number of nitrogens with one attached hydrogen (secondary N) is 2. The first kappa shape index (κ1) is 35.9. The van der Waals surface area contributed by atoms with E-state index in [1.54, 1.807) is 31.3 Å². The topological polar surface area (TPSA) is 99.0 Å². The number of piperidine rings is 1. The molecule has 0 radical (unpaired) electrons. The van der Waals surface area contributed by atoms with Crippen LogP contribution in [-0.4, -0.2) is 98.3 Å². The van der Waals surface area contributed by atoms with Gasteiger partial charge < -0.3 is 38.9 Å². The van der Waals surface area contributed by atoms with E-state index in [0.717, 1.165) is 37.2 Å². The number of nitrogens with zero attached hydrogens (tertiary/aromatic N) is 3. The Bertz CT molecular complexity index is 1540. The number of aryl methyl sites for hydroxylation is 1. The molecule has 2 unspecified atom stereocenters. The molecule has 2 aromatic heterocycles. The SMILES string of the molecule is CCOC(=O)c1cn(CCOCCOCCC2CN(C)CCC2Nc2cccc3c2cc(C#CCNC=O)n3CC(F)(F)F)cc1C. The molecule has 13 heteroatoms. The number of esters is 1. The molecule has 1 saturated heterocycles. The zero-order valence-electron chi connectivity index (χ0n) is 27.2. The van der Waals surface area contributed by atoms with Crippen LogP contribution in [0.5, 0.6) is 0 Å². The van der Waals surface area contributed by atoms with Crippen LogP contribution in [0.4, 0.5) is 18.9 Å². The number of aromatic nitrogens is 2. The van der Waals surface area contributed by atoms with Crippen molar-refractivity contribution in [3.05, 3.63) is 53.5 Å². The highest BCUT2D eigenvalue weighted by atomic mass is 19.4. The van der Waals surface area contributed by atoms with Crippen molar-refractivity contribution in [2.45, 2.75) is 52.0 Å². The molecular weight excluding hydrogens is 615 g/mol. The second kappa shape index (κ2) is 17.2. The predicted octanol–water partition coefficient (Wildman–Crippen LogP) is 4.44. The number of likely N-dealkylation sites (tertiary alicyclic amines) is 1. The second-order valence-corrected chi connectivity index (χ2v) is 11.7. The number of anilines is 1. The summed E-state index contributed by atoms with van der Waals surface area (Å²) in [5.41, 5.74) is 2.87. The van der Waals surface area contributed by atoms with Gasteiger partial charge in [-0.2, -0.15) is 13.2 Å². The van der Waals surface area contributed by atoms with E-state index in [1.165, 1.54) is 4.57 Å². The lowest BCUT2D eigenvalue weighted by Crippen LogP contribution is -2.45. The Morgan fingerprint density at radius 1 is 1.15 bits per heavy atom. The van der Waals surface area contributed by atoms with E-state index in [9.17, 15) is 22.8 Å². The standard InChI is InChI=1S/C34H44F3N5O5/c1-4-47-33(44)29-22-41(20-25(29)2)14-16-46-18-17-45-15-11-26-21-40(3)13-10-30(26)39-31-8-5-9-32-28(31)19-27(7-6-12-38-24-43)42(32)23-34(35,36)37/h5,8-9,19-20,22,24,26,30,39H,4,10-18,21,23H2,1-3H3,(H,38,43). The van der Waals surface area contributed by atoms with Gasteiger partial charge in [0.25, 0.3) is 0 Å². The summed E-state index contributed by atoms with van der Waals surface area (Å²) in [4.78, 5) is 24.8. The molecule has 2 N–H and O–H groups in total. The van der Waals surface area contributed by atoms with Gasteiger partial charge in [0.2, 0.25) is 6.41 Å². The molecular formula is C34H44F3N5O5. The van der Waals surface area contributed by atoms with Crippen molar-refractivity contribution < 1.29 is 37.0 Å². The number of hydrogen-bond acceptors (Lipinski definition) is 7. The third-order valence-electron chi connectivity index (χ3n) is 8.12. The molecule has 0 spiro atoms. The zero-order chi connectivity index (χ0) is 33.8. The molecule has 4 rings (SSSR count). The van der Waals surface area contributed by atoms with E-state index in [1.807, 2.05) is 23.8 Å². The second-order valence-electron chi connectivity index (χ2n) is 11.7. The number of hydrogen-bond donors (Lipinski definition) is 2. The van der Waals surface area contributed by atoms with Gasteiger partial charge in [0.15, 0.2) is 0 Å². The van der Waals surface area contributed by atoms with Gasteiger partial charge in [0.1, 0.15) is 6.54 Å². The predicted molar refractivity (Wildman–Crippen MR) is 173 cm³/mol. The van der Waals surface area contributed by atoms with Crippen LogP contribution < -0.4 is 10.6 Å². The Morgan fingerprint density at radius 3 is 2.68 bits per heavy atom. The van der Waals surface area contributed by atoms with Crippen molar-refractivity contribution in [3.8, 4) is 11.8 Å². The lowest BCUT2D eigenvalue weighted by molar-refractivity contribution is -0.140. The Labute approximate surface area is 273 Å². The number of alkyl halides is 3. The quantitative estimate of drug-likeness (QED) is 0.102. The number of benzene rings is 1. The number of ether oxygens (including phenoxy) is 3. The number of halogens is 3. The van der Waals surface area contributed by atoms with E-state index >= 15 is 0 Å². The van der Waals surface area contributed by atoms with Gasteiger partial charge in [0, 0.05) is 49.2 Å². The molecule has 256 valence electrons. The molecule has 1 aliphatic heterocycles. The summed E-state index contributed by atoms with van der Waals surface area (Å²) in [6.07, 6.45) is 1.45. The summed E-state index contributed by atoms with van der Waals surface area (Å²) in [6.45, 7) is 7.20. The van der Waals surface area contributed by atoms with Crippen molar-refractivity contribution >= 4 is 29.0 Å². The number of amides is 1. The van der Waals surface area contributed by atoms with E-state index < -0.39 is 12.7 Å². The van der Waals surface area contributed by atoms with Crippen LogP contribution in [0.25, 0.3) is 10.9 Å². The van der Waals surface area contributed by atoms with Crippen molar-refractivity contribution in [2.75, 3.05) is 65.0 Å². The molecule has 1 aromatic carbocycles. The molecule has 3 heterocycles. The maximum absolute atomic E-state index is 13.5. The lowest BCUT2D eigenvalue weighted by atomic mass is 9.89. The molecule has 0 aliphatic carbocycles. The van der Waals surface area contributed by atoms with E-state index in [4.69, 9.17) is 14.2 Å². The molecule has 0 bridgehead atoms.